The first-order valence-electron chi connectivity index (χ1n) is 12.9. The molecule has 0 spiro atoms. The van der Waals surface area contributed by atoms with Gasteiger partial charge in [-0.2, -0.15) is 0 Å². The second-order valence-electron chi connectivity index (χ2n) is 12.7. The molecule has 0 radical (unpaired) electrons. The number of nitrogens with one attached hydrogen (secondary N) is 2. The Morgan fingerprint density at radius 2 is 1.16 bits per heavy atom. The van der Waals surface area contributed by atoms with E-state index in [0.29, 0.717) is 11.1 Å². The lowest BCUT2D eigenvalue weighted by Gasteiger charge is -2.57. The summed E-state index contributed by atoms with van der Waals surface area (Å²) in [5.41, 5.74) is 1.39. The van der Waals surface area contributed by atoms with Crippen LogP contribution in [0.5, 0.6) is 0 Å². The summed E-state index contributed by atoms with van der Waals surface area (Å²) in [7, 11) is 0. The maximum Gasteiger partial charge on any atom is 0.252 e. The average molecular weight is 421 g/mol. The van der Waals surface area contributed by atoms with Gasteiger partial charge in [0.1, 0.15) is 0 Å². The molecule has 8 fully saturated rings. The van der Waals surface area contributed by atoms with Crippen molar-refractivity contribution < 1.29 is 9.90 Å². The molecule has 31 heavy (non-hydrogen) atoms. The summed E-state index contributed by atoms with van der Waals surface area (Å²) < 4.78 is 0. The maximum absolute atomic E-state index is 13.4. The van der Waals surface area contributed by atoms with Crippen molar-refractivity contribution in [3.63, 3.8) is 0 Å². The highest BCUT2D eigenvalue weighted by Gasteiger charge is 2.53. The zero-order valence-electron chi connectivity index (χ0n) is 18.5. The molecule has 9 aliphatic carbocycles. The van der Waals surface area contributed by atoms with Crippen molar-refractivity contribution in [1.82, 2.24) is 10.6 Å². The number of rotatable bonds is 4. The molecule has 8 bridgehead atoms. The van der Waals surface area contributed by atoms with E-state index in [1.54, 1.807) is 0 Å². The Balaban J connectivity index is 1.10. The van der Waals surface area contributed by atoms with Gasteiger partial charge in [0.05, 0.1) is 5.57 Å². The number of hydrogen-bond donors (Lipinski definition) is 3. The van der Waals surface area contributed by atoms with Crippen molar-refractivity contribution in [1.29, 1.82) is 0 Å². The van der Waals surface area contributed by atoms with Gasteiger partial charge in [0.15, 0.2) is 5.88 Å². The third kappa shape index (κ3) is 3.03. The van der Waals surface area contributed by atoms with E-state index in [-0.39, 0.29) is 22.9 Å². The number of allylic oxidation sites excluding steroid dienone is 3. The molecule has 0 heterocycles. The molecule has 4 heteroatoms. The molecule has 0 atom stereocenters. The van der Waals surface area contributed by atoms with E-state index in [4.69, 9.17) is 0 Å². The molecule has 0 aromatic rings. The van der Waals surface area contributed by atoms with Gasteiger partial charge < -0.3 is 15.7 Å². The molecule has 0 unspecified atom stereocenters. The molecular weight excluding hydrogens is 384 g/mol. The fraction of sp³-hybridized carbons (Fsp3) is 0.741. The minimum Gasteiger partial charge on any atom is -0.494 e. The number of amides is 1. The van der Waals surface area contributed by atoms with Crippen molar-refractivity contribution in [3.05, 3.63) is 35.3 Å². The van der Waals surface area contributed by atoms with Crippen LogP contribution < -0.4 is 10.6 Å². The molecule has 0 aromatic carbocycles. The lowest BCUT2D eigenvalue weighted by molar-refractivity contribution is -0.122. The highest BCUT2D eigenvalue weighted by atomic mass is 16.3. The maximum atomic E-state index is 13.4. The topological polar surface area (TPSA) is 61.4 Å². The highest BCUT2D eigenvalue weighted by molar-refractivity contribution is 6.00. The van der Waals surface area contributed by atoms with E-state index in [1.165, 1.54) is 57.8 Å². The van der Waals surface area contributed by atoms with Gasteiger partial charge in [-0.3, -0.25) is 4.79 Å². The molecule has 0 aromatic heterocycles. The molecule has 0 saturated heterocycles. The van der Waals surface area contributed by atoms with Gasteiger partial charge in [-0.1, -0.05) is 6.08 Å². The van der Waals surface area contributed by atoms with Crippen LogP contribution in [-0.4, -0.2) is 22.1 Å². The summed E-state index contributed by atoms with van der Waals surface area (Å²) in [5.74, 6) is 5.14. The first-order chi connectivity index (χ1) is 15.0. The van der Waals surface area contributed by atoms with Crippen LogP contribution in [0, 0.1) is 35.5 Å². The van der Waals surface area contributed by atoms with Crippen molar-refractivity contribution in [2.24, 2.45) is 35.5 Å². The molecule has 4 nitrogen and oxygen atoms in total. The van der Waals surface area contributed by atoms with Crippen molar-refractivity contribution in [2.75, 3.05) is 0 Å². The van der Waals surface area contributed by atoms with Crippen molar-refractivity contribution in [3.8, 4) is 0 Å². The zero-order valence-corrected chi connectivity index (χ0v) is 18.5. The molecule has 166 valence electrons. The molecule has 8 saturated carbocycles. The minimum atomic E-state index is 0.00332. The molecule has 0 aliphatic heterocycles. The normalized spacial score (nSPS) is 50.0. The molecule has 9 rings (SSSR count). The number of aliphatic hydroxyl groups excluding tert-OH is 1. The summed E-state index contributed by atoms with van der Waals surface area (Å²) in [4.78, 5) is 13.4. The Labute approximate surface area is 185 Å². The fourth-order valence-electron chi connectivity index (χ4n) is 9.98. The van der Waals surface area contributed by atoms with Crippen LogP contribution in [-0.2, 0) is 4.79 Å². The smallest absolute Gasteiger partial charge is 0.252 e. The van der Waals surface area contributed by atoms with E-state index in [1.807, 2.05) is 18.2 Å². The monoisotopic (exact) mass is 420 g/mol. The fourth-order valence-corrected chi connectivity index (χ4v) is 9.98. The van der Waals surface area contributed by atoms with Crippen LogP contribution in [0.2, 0.25) is 0 Å². The van der Waals surface area contributed by atoms with E-state index in [0.717, 1.165) is 54.8 Å². The van der Waals surface area contributed by atoms with E-state index in [2.05, 4.69) is 10.6 Å². The van der Waals surface area contributed by atoms with Crippen molar-refractivity contribution in [2.45, 2.75) is 88.1 Å². The molecule has 3 N–H and O–H groups in total. The van der Waals surface area contributed by atoms with E-state index < -0.39 is 0 Å². The third-order valence-corrected chi connectivity index (χ3v) is 10.2. The van der Waals surface area contributed by atoms with Gasteiger partial charge in [0, 0.05) is 16.7 Å². The number of carbonyl (C=O) groups excluding carboxylic acids is 1. The largest absolute Gasteiger partial charge is 0.494 e. The Morgan fingerprint density at radius 3 is 1.61 bits per heavy atom. The Hall–Kier alpha value is -1.71. The molecule has 9 aliphatic rings. The van der Waals surface area contributed by atoms with Crippen molar-refractivity contribution >= 4 is 5.91 Å². The highest BCUT2D eigenvalue weighted by Crippen LogP contribution is 2.57. The predicted molar refractivity (Wildman–Crippen MR) is 120 cm³/mol. The van der Waals surface area contributed by atoms with Gasteiger partial charge in [-0.15, -0.1) is 0 Å². The van der Waals surface area contributed by atoms with Crippen LogP contribution in [0.1, 0.15) is 77.0 Å². The quantitative estimate of drug-likeness (QED) is 0.567. The van der Waals surface area contributed by atoms with Crippen LogP contribution in [0.15, 0.2) is 35.3 Å². The SMILES string of the molecule is O=C(NC12CC3CC(CC(C3)C1)C2)C1=CC=CC1=C(O)NC12CC3CC(CC(C3)C1)C2. The van der Waals surface area contributed by atoms with E-state index >= 15 is 0 Å². The number of carbonyl (C=O) groups is 1. The van der Waals surface area contributed by atoms with Crippen LogP contribution in [0.3, 0.4) is 0 Å². The van der Waals surface area contributed by atoms with E-state index in [9.17, 15) is 9.90 Å². The van der Waals surface area contributed by atoms with Crippen LogP contribution in [0.4, 0.5) is 0 Å². The molecule has 1 amide bonds. The Morgan fingerprint density at radius 1 is 0.742 bits per heavy atom. The lowest BCUT2D eigenvalue weighted by Crippen LogP contribution is -2.60. The first-order valence-corrected chi connectivity index (χ1v) is 12.9. The van der Waals surface area contributed by atoms with Gasteiger partial charge >= 0.3 is 0 Å². The summed E-state index contributed by atoms with van der Waals surface area (Å²) in [6.45, 7) is 0. The second kappa shape index (κ2) is 6.42. The summed E-state index contributed by atoms with van der Waals surface area (Å²) >= 11 is 0. The Kier molecular flexibility index (Phi) is 3.90. The second-order valence-corrected chi connectivity index (χ2v) is 12.7. The third-order valence-electron chi connectivity index (χ3n) is 10.2. The summed E-state index contributed by atoms with van der Waals surface area (Å²) in [6, 6.07) is 0. The summed E-state index contributed by atoms with van der Waals surface area (Å²) in [6.07, 6.45) is 21.0. The van der Waals surface area contributed by atoms with Gasteiger partial charge in [0.2, 0.25) is 0 Å². The lowest BCUT2D eigenvalue weighted by atomic mass is 9.53. The van der Waals surface area contributed by atoms with Gasteiger partial charge in [-0.25, -0.2) is 0 Å². The van der Waals surface area contributed by atoms with Gasteiger partial charge in [0.25, 0.3) is 5.91 Å². The van der Waals surface area contributed by atoms with Crippen LogP contribution >= 0.6 is 0 Å². The number of aliphatic hydroxyl groups is 1. The Bertz CT molecular complexity index is 840. The first kappa shape index (κ1) is 18.8. The average Bonchev–Trinajstić information content (AvgIpc) is 3.15. The van der Waals surface area contributed by atoms with Gasteiger partial charge in [-0.05, 0) is 125 Å². The predicted octanol–water partition coefficient (Wildman–Crippen LogP) is 4.90. The minimum absolute atomic E-state index is 0.00332. The number of hydrogen-bond acceptors (Lipinski definition) is 3. The zero-order chi connectivity index (χ0) is 20.8. The van der Waals surface area contributed by atoms with Crippen LogP contribution in [0.25, 0.3) is 0 Å². The molecular formula is C27H36N2O2. The standard InChI is InChI=1S/C27H36N2O2/c30-24(28-26-10-16-4-17(11-26)6-18(5-16)12-26)22-2-1-3-23(22)25(31)29-27-13-19-7-20(14-27)9-21(8-19)15-27/h1-3,16-21,28,30H,4-15H2,(H,29,31). The summed E-state index contributed by atoms with van der Waals surface area (Å²) in [5, 5.41) is 18.2.